The number of hydrogen-bond donors (Lipinski definition) is 2. The number of benzene rings is 2. The van der Waals surface area contributed by atoms with Crippen LogP contribution in [0.25, 0.3) is 0 Å². The van der Waals surface area contributed by atoms with E-state index in [4.69, 9.17) is 5.41 Å². The predicted octanol–water partition coefficient (Wildman–Crippen LogP) is 4.97. The molecule has 1 heterocycles. The van der Waals surface area contributed by atoms with Gasteiger partial charge in [0, 0.05) is 25.1 Å². The largest absolute Gasteiger partial charge is 0.314 e. The third-order valence-corrected chi connectivity index (χ3v) is 5.75. The summed E-state index contributed by atoms with van der Waals surface area (Å²) in [6.07, 6.45) is 9.44. The Labute approximate surface area is 169 Å². The molecule has 3 rings (SSSR count). The first-order chi connectivity index (χ1) is 13.7. The average Bonchev–Trinajstić information content (AvgIpc) is 2.72. The van der Waals surface area contributed by atoms with Crippen molar-refractivity contribution in [1.29, 1.82) is 5.41 Å². The molecule has 0 amide bonds. The number of ketones is 1. The highest BCUT2D eigenvalue weighted by Gasteiger charge is 2.21. The number of hydrogen-bond acceptors (Lipinski definition) is 3. The smallest absolute Gasteiger partial charge is 0.137 e. The highest BCUT2D eigenvalue weighted by molar-refractivity contribution is 5.82. The molecule has 2 aromatic carbocycles. The summed E-state index contributed by atoms with van der Waals surface area (Å²) >= 11 is 0. The molecule has 2 N–H and O–H groups in total. The van der Waals surface area contributed by atoms with Crippen LogP contribution in [0.2, 0.25) is 0 Å². The Balaban J connectivity index is 1.34. The molecule has 1 aliphatic rings. The summed E-state index contributed by atoms with van der Waals surface area (Å²) in [6, 6.07) is 19.1. The van der Waals surface area contributed by atoms with Crippen molar-refractivity contribution in [1.82, 2.24) is 5.32 Å². The van der Waals surface area contributed by atoms with Crippen LogP contribution in [0.5, 0.6) is 0 Å². The highest BCUT2D eigenvalue weighted by atomic mass is 16.1. The zero-order valence-electron chi connectivity index (χ0n) is 16.7. The Kier molecular flexibility index (Phi) is 7.98. The molecular weight excluding hydrogens is 344 g/mol. The summed E-state index contributed by atoms with van der Waals surface area (Å²) in [5.74, 6) is 1.08. The van der Waals surface area contributed by atoms with Crippen molar-refractivity contribution in [2.75, 3.05) is 6.54 Å². The maximum atomic E-state index is 12.2. The third-order valence-electron chi connectivity index (χ3n) is 5.75. The lowest BCUT2D eigenvalue weighted by Crippen LogP contribution is -2.38. The number of carbonyl (C=O) groups excluding carboxylic acids is 1. The summed E-state index contributed by atoms with van der Waals surface area (Å²) in [4.78, 5) is 12.2. The number of carbonyl (C=O) groups is 1. The van der Waals surface area contributed by atoms with E-state index in [1.807, 2.05) is 24.3 Å². The molecule has 0 aromatic heterocycles. The van der Waals surface area contributed by atoms with Crippen LogP contribution < -0.4 is 5.32 Å². The molecule has 0 aliphatic carbocycles. The minimum Gasteiger partial charge on any atom is -0.314 e. The minimum absolute atomic E-state index is 0.306. The summed E-state index contributed by atoms with van der Waals surface area (Å²) in [5, 5.41) is 11.0. The van der Waals surface area contributed by atoms with Gasteiger partial charge in [-0.3, -0.25) is 4.79 Å². The molecule has 2 aromatic rings. The fraction of sp³-hybridized carbons (Fsp3) is 0.440. The van der Waals surface area contributed by atoms with Gasteiger partial charge in [0.15, 0.2) is 0 Å². The number of rotatable bonds is 10. The predicted molar refractivity (Wildman–Crippen MR) is 116 cm³/mol. The highest BCUT2D eigenvalue weighted by Crippen LogP contribution is 2.23. The lowest BCUT2D eigenvalue weighted by Gasteiger charge is -2.30. The lowest BCUT2D eigenvalue weighted by molar-refractivity contribution is -0.118. The standard InChI is InChI=1S/C25H32N2O/c26-19-23-10-6-9-21(16-23)18-25(28)12-5-4-11-24-17-22(13-14-27-24)15-20-7-2-1-3-8-20/h1-3,6-10,16,19,22,24,26-27H,4-5,11-15,17-18H2/t22-,24+/m0/s1. The fourth-order valence-electron chi connectivity index (χ4n) is 4.27. The molecule has 148 valence electrons. The van der Waals surface area contributed by atoms with E-state index in [1.54, 1.807) is 0 Å². The first kappa shape index (κ1) is 20.5. The van der Waals surface area contributed by atoms with Crippen molar-refractivity contribution in [2.24, 2.45) is 5.92 Å². The van der Waals surface area contributed by atoms with E-state index < -0.39 is 0 Å². The first-order valence-corrected chi connectivity index (χ1v) is 10.6. The number of Topliss-reactive ketones (excluding diaryl/α,β-unsaturated/α-hetero) is 1. The molecule has 3 heteroatoms. The average molecular weight is 377 g/mol. The fourth-order valence-corrected chi connectivity index (χ4v) is 4.27. The molecule has 1 saturated heterocycles. The molecule has 2 atom stereocenters. The van der Waals surface area contributed by atoms with Crippen LogP contribution in [0.4, 0.5) is 0 Å². The van der Waals surface area contributed by atoms with Crippen LogP contribution in [-0.2, 0) is 17.6 Å². The lowest BCUT2D eigenvalue weighted by atomic mass is 9.85. The molecule has 0 bridgehead atoms. The van der Waals surface area contributed by atoms with E-state index in [2.05, 4.69) is 35.6 Å². The van der Waals surface area contributed by atoms with Crippen molar-refractivity contribution >= 4 is 12.0 Å². The molecule has 3 nitrogen and oxygen atoms in total. The Bertz CT molecular complexity index is 756. The zero-order chi connectivity index (χ0) is 19.6. The van der Waals surface area contributed by atoms with Gasteiger partial charge >= 0.3 is 0 Å². The van der Waals surface area contributed by atoms with Crippen LogP contribution in [0, 0.1) is 11.3 Å². The Morgan fingerprint density at radius 3 is 2.71 bits per heavy atom. The van der Waals surface area contributed by atoms with Gasteiger partial charge in [0.05, 0.1) is 0 Å². The molecule has 0 radical (unpaired) electrons. The van der Waals surface area contributed by atoms with Gasteiger partial charge in [0.1, 0.15) is 5.78 Å². The van der Waals surface area contributed by atoms with Gasteiger partial charge < -0.3 is 10.7 Å². The molecule has 0 spiro atoms. The van der Waals surface area contributed by atoms with E-state index in [1.165, 1.54) is 37.5 Å². The van der Waals surface area contributed by atoms with Gasteiger partial charge in [-0.1, -0.05) is 55.0 Å². The quantitative estimate of drug-likeness (QED) is 0.454. The van der Waals surface area contributed by atoms with E-state index in [-0.39, 0.29) is 0 Å². The second kappa shape index (κ2) is 10.9. The summed E-state index contributed by atoms with van der Waals surface area (Å²) in [7, 11) is 0. The van der Waals surface area contributed by atoms with Gasteiger partial charge in [0.2, 0.25) is 0 Å². The maximum Gasteiger partial charge on any atom is 0.137 e. The molecule has 0 unspecified atom stereocenters. The van der Waals surface area contributed by atoms with Crippen molar-refractivity contribution in [3.63, 3.8) is 0 Å². The first-order valence-electron chi connectivity index (χ1n) is 10.6. The molecule has 1 aliphatic heterocycles. The van der Waals surface area contributed by atoms with Crippen molar-refractivity contribution < 1.29 is 4.79 Å². The summed E-state index contributed by atoms with van der Waals surface area (Å²) in [5.41, 5.74) is 3.33. The van der Waals surface area contributed by atoms with E-state index >= 15 is 0 Å². The van der Waals surface area contributed by atoms with E-state index in [0.717, 1.165) is 36.4 Å². The van der Waals surface area contributed by atoms with Gasteiger partial charge in [-0.05, 0) is 67.3 Å². The monoisotopic (exact) mass is 376 g/mol. The number of piperidine rings is 1. The van der Waals surface area contributed by atoms with Crippen molar-refractivity contribution in [3.8, 4) is 0 Å². The Hall–Kier alpha value is -2.26. The van der Waals surface area contributed by atoms with Crippen LogP contribution in [0.15, 0.2) is 54.6 Å². The molecule has 1 fully saturated rings. The van der Waals surface area contributed by atoms with Crippen LogP contribution >= 0.6 is 0 Å². The number of unbranched alkanes of at least 4 members (excludes halogenated alkanes) is 1. The summed E-state index contributed by atoms with van der Waals surface area (Å²) < 4.78 is 0. The Morgan fingerprint density at radius 1 is 1.07 bits per heavy atom. The zero-order valence-corrected chi connectivity index (χ0v) is 16.7. The van der Waals surface area contributed by atoms with Gasteiger partial charge in [-0.15, -0.1) is 0 Å². The van der Waals surface area contributed by atoms with E-state index in [0.29, 0.717) is 24.7 Å². The SMILES string of the molecule is N=Cc1cccc(CC(=O)CCCC[C@@H]2C[C@H](Cc3ccccc3)CCN2)c1. The minimum atomic E-state index is 0.306. The topological polar surface area (TPSA) is 53.0 Å². The van der Waals surface area contributed by atoms with Crippen LogP contribution in [0.1, 0.15) is 55.2 Å². The second-order valence-electron chi connectivity index (χ2n) is 8.08. The van der Waals surface area contributed by atoms with Gasteiger partial charge in [0.25, 0.3) is 0 Å². The maximum absolute atomic E-state index is 12.2. The van der Waals surface area contributed by atoms with Crippen molar-refractivity contribution in [2.45, 2.75) is 57.4 Å². The van der Waals surface area contributed by atoms with E-state index in [9.17, 15) is 4.79 Å². The summed E-state index contributed by atoms with van der Waals surface area (Å²) in [6.45, 7) is 1.12. The van der Waals surface area contributed by atoms with Crippen LogP contribution in [0.3, 0.4) is 0 Å². The second-order valence-corrected chi connectivity index (χ2v) is 8.08. The van der Waals surface area contributed by atoms with Crippen molar-refractivity contribution in [3.05, 3.63) is 71.3 Å². The third kappa shape index (κ3) is 6.72. The Morgan fingerprint density at radius 2 is 1.89 bits per heavy atom. The normalized spacial score (nSPS) is 19.3. The van der Waals surface area contributed by atoms with Gasteiger partial charge in [-0.2, -0.15) is 0 Å². The molecule has 28 heavy (non-hydrogen) atoms. The molecular formula is C25H32N2O. The van der Waals surface area contributed by atoms with Crippen LogP contribution in [-0.4, -0.2) is 24.6 Å². The molecule has 0 saturated carbocycles. The number of nitrogens with one attached hydrogen (secondary N) is 2. The van der Waals surface area contributed by atoms with Gasteiger partial charge in [-0.25, -0.2) is 0 Å².